The van der Waals surface area contributed by atoms with E-state index in [0.29, 0.717) is 6.61 Å². The van der Waals surface area contributed by atoms with E-state index in [1.807, 2.05) is 28.9 Å². The normalized spacial score (nSPS) is 12.4. The van der Waals surface area contributed by atoms with E-state index in [9.17, 15) is 0 Å². The van der Waals surface area contributed by atoms with E-state index >= 15 is 0 Å². The number of hydrogen-bond acceptors (Lipinski definition) is 3. The van der Waals surface area contributed by atoms with Gasteiger partial charge in [0.1, 0.15) is 5.75 Å². The summed E-state index contributed by atoms with van der Waals surface area (Å²) in [5.74, 6) is 0.869. The molecule has 0 amide bonds. The van der Waals surface area contributed by atoms with E-state index in [4.69, 9.17) is 10.5 Å². The van der Waals surface area contributed by atoms with Crippen molar-refractivity contribution in [3.63, 3.8) is 0 Å². The molecular formula is C17H25N3O. The first-order valence-corrected chi connectivity index (χ1v) is 7.75. The summed E-state index contributed by atoms with van der Waals surface area (Å²) in [4.78, 5) is 0. The summed E-state index contributed by atoms with van der Waals surface area (Å²) in [6, 6.07) is 9.89. The van der Waals surface area contributed by atoms with Gasteiger partial charge in [-0.15, -0.1) is 0 Å². The summed E-state index contributed by atoms with van der Waals surface area (Å²) < 4.78 is 7.81. The molecule has 0 aliphatic rings. The standard InChI is InChI=1S/C17H25N3O/c1-4-11-21-16-10-8-7-9-14(16)17(18)15-12-13(5-2)19-20(15)6-3/h7-10,12,17H,4-6,11,18H2,1-3H3. The maximum atomic E-state index is 6.49. The molecule has 1 unspecified atom stereocenters. The molecule has 0 spiro atoms. The van der Waals surface area contributed by atoms with Crippen molar-refractivity contribution in [2.75, 3.05) is 6.61 Å². The fraction of sp³-hybridized carbons (Fsp3) is 0.471. The van der Waals surface area contributed by atoms with Gasteiger partial charge in [-0.3, -0.25) is 4.68 Å². The third-order valence-electron chi connectivity index (χ3n) is 3.56. The Labute approximate surface area is 126 Å². The van der Waals surface area contributed by atoms with Gasteiger partial charge in [-0.05, 0) is 31.9 Å². The Hall–Kier alpha value is -1.81. The highest BCUT2D eigenvalue weighted by Crippen LogP contribution is 2.29. The van der Waals surface area contributed by atoms with E-state index in [-0.39, 0.29) is 6.04 Å². The van der Waals surface area contributed by atoms with Crippen molar-refractivity contribution in [3.8, 4) is 5.75 Å². The Morgan fingerprint density at radius 1 is 1.24 bits per heavy atom. The van der Waals surface area contributed by atoms with Crippen LogP contribution in [0.5, 0.6) is 5.75 Å². The van der Waals surface area contributed by atoms with Crippen LogP contribution in [-0.2, 0) is 13.0 Å². The average molecular weight is 287 g/mol. The second-order valence-corrected chi connectivity index (χ2v) is 5.09. The molecule has 0 radical (unpaired) electrons. The second-order valence-electron chi connectivity index (χ2n) is 5.09. The molecular weight excluding hydrogens is 262 g/mol. The molecule has 2 N–H and O–H groups in total. The SMILES string of the molecule is CCCOc1ccccc1C(N)c1cc(CC)nn1CC. The van der Waals surface area contributed by atoms with E-state index in [1.54, 1.807) is 0 Å². The summed E-state index contributed by atoms with van der Waals surface area (Å²) in [6.07, 6.45) is 1.90. The van der Waals surface area contributed by atoms with E-state index in [2.05, 4.69) is 31.9 Å². The van der Waals surface area contributed by atoms with E-state index in [1.165, 1.54) is 0 Å². The minimum Gasteiger partial charge on any atom is -0.493 e. The third kappa shape index (κ3) is 3.45. The number of nitrogens with zero attached hydrogens (tertiary/aromatic N) is 2. The van der Waals surface area contributed by atoms with Crippen molar-refractivity contribution < 1.29 is 4.74 Å². The van der Waals surface area contributed by atoms with Crippen LogP contribution in [0.4, 0.5) is 0 Å². The lowest BCUT2D eigenvalue weighted by Crippen LogP contribution is -2.18. The molecule has 1 aromatic carbocycles. The molecule has 0 saturated carbocycles. The number of hydrogen-bond donors (Lipinski definition) is 1. The highest BCUT2D eigenvalue weighted by Gasteiger charge is 2.18. The first-order chi connectivity index (χ1) is 10.2. The van der Waals surface area contributed by atoms with Crippen molar-refractivity contribution in [2.24, 2.45) is 5.73 Å². The first-order valence-electron chi connectivity index (χ1n) is 7.75. The molecule has 114 valence electrons. The van der Waals surface area contributed by atoms with Crippen molar-refractivity contribution in [1.29, 1.82) is 0 Å². The predicted molar refractivity (Wildman–Crippen MR) is 85.5 cm³/mol. The summed E-state index contributed by atoms with van der Waals surface area (Å²) in [5.41, 5.74) is 9.63. The van der Waals surface area contributed by atoms with E-state index in [0.717, 1.165) is 42.1 Å². The van der Waals surface area contributed by atoms with Gasteiger partial charge >= 0.3 is 0 Å². The second kappa shape index (κ2) is 7.27. The minimum atomic E-state index is -0.217. The lowest BCUT2D eigenvalue weighted by atomic mass is 10.0. The number of ether oxygens (including phenoxy) is 1. The quantitative estimate of drug-likeness (QED) is 0.850. The number of benzene rings is 1. The molecule has 4 nitrogen and oxygen atoms in total. The van der Waals surface area contributed by atoms with Crippen LogP contribution in [0.25, 0.3) is 0 Å². The molecule has 2 rings (SSSR count). The lowest BCUT2D eigenvalue weighted by molar-refractivity contribution is 0.313. The Morgan fingerprint density at radius 3 is 2.67 bits per heavy atom. The largest absolute Gasteiger partial charge is 0.493 e. The Kier molecular flexibility index (Phi) is 5.39. The fourth-order valence-electron chi connectivity index (χ4n) is 2.40. The highest BCUT2D eigenvalue weighted by atomic mass is 16.5. The average Bonchev–Trinajstić information content (AvgIpc) is 2.96. The van der Waals surface area contributed by atoms with Gasteiger partial charge in [-0.2, -0.15) is 5.10 Å². The van der Waals surface area contributed by atoms with Gasteiger partial charge in [0.2, 0.25) is 0 Å². The number of aromatic nitrogens is 2. The Bertz CT molecular complexity index is 577. The van der Waals surface area contributed by atoms with Crippen LogP contribution in [-0.4, -0.2) is 16.4 Å². The minimum absolute atomic E-state index is 0.217. The molecule has 2 aromatic rings. The maximum Gasteiger partial charge on any atom is 0.124 e. The lowest BCUT2D eigenvalue weighted by Gasteiger charge is -2.17. The first kappa shape index (κ1) is 15.6. The molecule has 0 aliphatic carbocycles. The monoisotopic (exact) mass is 287 g/mol. The third-order valence-corrected chi connectivity index (χ3v) is 3.56. The van der Waals surface area contributed by atoms with Gasteiger partial charge in [-0.25, -0.2) is 0 Å². The van der Waals surface area contributed by atoms with Crippen LogP contribution in [0.15, 0.2) is 30.3 Å². The fourth-order valence-corrected chi connectivity index (χ4v) is 2.40. The molecule has 1 heterocycles. The van der Waals surface area contributed by atoms with Gasteiger partial charge < -0.3 is 10.5 Å². The molecule has 0 fully saturated rings. The molecule has 1 atom stereocenters. The predicted octanol–water partition coefficient (Wildman–Crippen LogP) is 3.30. The Morgan fingerprint density at radius 2 is 2.00 bits per heavy atom. The smallest absolute Gasteiger partial charge is 0.124 e. The molecule has 0 bridgehead atoms. The van der Waals surface area contributed by atoms with Gasteiger partial charge in [-0.1, -0.05) is 32.0 Å². The van der Waals surface area contributed by atoms with Crippen molar-refractivity contribution >= 4 is 0 Å². The summed E-state index contributed by atoms with van der Waals surface area (Å²) in [7, 11) is 0. The number of para-hydroxylation sites is 1. The maximum absolute atomic E-state index is 6.49. The van der Waals surface area contributed by atoms with Crippen molar-refractivity contribution in [1.82, 2.24) is 9.78 Å². The Balaban J connectivity index is 2.35. The van der Waals surface area contributed by atoms with Crippen LogP contribution >= 0.6 is 0 Å². The zero-order valence-electron chi connectivity index (χ0n) is 13.2. The molecule has 0 saturated heterocycles. The number of rotatable bonds is 7. The number of aryl methyl sites for hydroxylation is 2. The number of nitrogens with two attached hydrogens (primary N) is 1. The van der Waals surface area contributed by atoms with Gasteiger partial charge in [0.15, 0.2) is 0 Å². The van der Waals surface area contributed by atoms with Crippen molar-refractivity contribution in [2.45, 2.75) is 46.2 Å². The molecule has 0 aliphatic heterocycles. The van der Waals surface area contributed by atoms with Crippen LogP contribution in [0.3, 0.4) is 0 Å². The topological polar surface area (TPSA) is 53.1 Å². The van der Waals surface area contributed by atoms with Crippen LogP contribution < -0.4 is 10.5 Å². The van der Waals surface area contributed by atoms with Crippen LogP contribution in [0, 0.1) is 0 Å². The zero-order chi connectivity index (χ0) is 15.2. The zero-order valence-corrected chi connectivity index (χ0v) is 13.2. The van der Waals surface area contributed by atoms with Crippen LogP contribution in [0.1, 0.15) is 50.2 Å². The van der Waals surface area contributed by atoms with Crippen molar-refractivity contribution in [3.05, 3.63) is 47.3 Å². The summed E-state index contributed by atoms with van der Waals surface area (Å²) in [6.45, 7) is 7.82. The van der Waals surface area contributed by atoms with Crippen LogP contribution in [0.2, 0.25) is 0 Å². The van der Waals surface area contributed by atoms with Gasteiger partial charge in [0.05, 0.1) is 24.0 Å². The molecule has 21 heavy (non-hydrogen) atoms. The summed E-state index contributed by atoms with van der Waals surface area (Å²) >= 11 is 0. The van der Waals surface area contributed by atoms with Gasteiger partial charge in [0.25, 0.3) is 0 Å². The molecule has 4 heteroatoms. The highest BCUT2D eigenvalue weighted by molar-refractivity contribution is 5.40. The molecule has 1 aromatic heterocycles. The summed E-state index contributed by atoms with van der Waals surface area (Å²) in [5, 5.41) is 4.58. The van der Waals surface area contributed by atoms with E-state index < -0.39 is 0 Å². The van der Waals surface area contributed by atoms with Gasteiger partial charge in [0, 0.05) is 12.1 Å².